The maximum atomic E-state index is 5.95. The predicted molar refractivity (Wildman–Crippen MR) is 182 cm³/mol. The third-order valence-corrected chi connectivity index (χ3v) is 19.8. The van der Waals surface area contributed by atoms with Crippen LogP contribution in [0.5, 0.6) is 0 Å². The molecule has 2 heterocycles. The molecular formula is C32H55BrO4S2Sn. The van der Waals surface area contributed by atoms with Crippen LogP contribution in [0.2, 0.25) is 14.8 Å². The van der Waals surface area contributed by atoms with Crippen molar-refractivity contribution in [2.45, 2.75) is 98.8 Å². The summed E-state index contributed by atoms with van der Waals surface area (Å²) in [4.78, 5) is 10.4. The van der Waals surface area contributed by atoms with Gasteiger partial charge in [-0.3, -0.25) is 0 Å². The van der Waals surface area contributed by atoms with Gasteiger partial charge in [0.1, 0.15) is 0 Å². The second kappa shape index (κ2) is 22.1. The van der Waals surface area contributed by atoms with Gasteiger partial charge in [0.05, 0.1) is 13.2 Å². The van der Waals surface area contributed by atoms with Crippen molar-refractivity contribution in [1.29, 1.82) is 0 Å². The van der Waals surface area contributed by atoms with Gasteiger partial charge >= 0.3 is 204 Å². The Labute approximate surface area is 265 Å². The fourth-order valence-electron chi connectivity index (χ4n) is 4.55. The number of unbranched alkanes of at least 4 members (excludes halogenated alkanes) is 9. The fraction of sp³-hybridized carbons (Fsp3) is 0.750. The number of methoxy groups -OCH3 is 1. The van der Waals surface area contributed by atoms with Gasteiger partial charge in [-0.25, -0.2) is 0 Å². The van der Waals surface area contributed by atoms with Gasteiger partial charge in [-0.1, -0.05) is 39.0 Å². The summed E-state index contributed by atoms with van der Waals surface area (Å²) in [5, 5.41) is 0. The van der Waals surface area contributed by atoms with Crippen LogP contribution in [0.1, 0.15) is 82.3 Å². The molecule has 0 saturated heterocycles. The van der Waals surface area contributed by atoms with E-state index < -0.39 is 18.4 Å². The van der Waals surface area contributed by atoms with E-state index in [9.17, 15) is 0 Å². The average Bonchev–Trinajstić information content (AvgIpc) is 3.52. The molecule has 0 aliphatic rings. The number of rotatable bonds is 25. The molecule has 0 amide bonds. The third kappa shape index (κ3) is 15.3. The minimum atomic E-state index is -2.16. The molecule has 0 atom stereocenters. The van der Waals surface area contributed by atoms with Crippen LogP contribution in [0, 0.1) is 0 Å². The SMILES string of the molecule is CCCCCCCCCCCCc1cc(-c2s[c]([Sn]([CH3])([CH3])[CH3])cc2CCOCCOCCOCCOC)sc1Br. The summed E-state index contributed by atoms with van der Waals surface area (Å²) in [6, 6.07) is 4.96. The maximum absolute atomic E-state index is 5.95. The zero-order valence-electron chi connectivity index (χ0n) is 25.9. The summed E-state index contributed by atoms with van der Waals surface area (Å²) in [6.45, 7) is 6.68. The molecule has 2 rings (SSSR count). The zero-order valence-corrected chi connectivity index (χ0v) is 32.0. The van der Waals surface area contributed by atoms with Crippen LogP contribution in [-0.4, -0.2) is 71.7 Å². The number of hydrogen-bond acceptors (Lipinski definition) is 6. The van der Waals surface area contributed by atoms with Crippen LogP contribution in [0.4, 0.5) is 0 Å². The van der Waals surface area contributed by atoms with E-state index >= 15 is 0 Å². The molecule has 0 fully saturated rings. The van der Waals surface area contributed by atoms with Crippen LogP contribution in [0.15, 0.2) is 15.9 Å². The molecule has 2 aromatic heterocycles. The Morgan fingerprint density at radius 2 is 1.20 bits per heavy atom. The van der Waals surface area contributed by atoms with Crippen molar-refractivity contribution in [3.8, 4) is 9.75 Å². The van der Waals surface area contributed by atoms with E-state index in [4.69, 9.17) is 18.9 Å². The third-order valence-electron chi connectivity index (χ3n) is 7.02. The molecule has 230 valence electrons. The van der Waals surface area contributed by atoms with Gasteiger partial charge in [0.25, 0.3) is 0 Å². The van der Waals surface area contributed by atoms with E-state index in [1.54, 1.807) is 10.0 Å². The molecular weight excluding hydrogens is 711 g/mol. The number of aryl methyl sites for hydroxylation is 1. The quantitative estimate of drug-likeness (QED) is 0.0746. The summed E-state index contributed by atoms with van der Waals surface area (Å²) in [6.07, 6.45) is 16.0. The monoisotopic (exact) mass is 766 g/mol. The Kier molecular flexibility index (Phi) is 20.3. The molecule has 4 nitrogen and oxygen atoms in total. The van der Waals surface area contributed by atoms with Crippen molar-refractivity contribution in [2.75, 3.05) is 53.4 Å². The Bertz CT molecular complexity index is 909. The summed E-state index contributed by atoms with van der Waals surface area (Å²) in [5.74, 6) is 0. The molecule has 2 aromatic rings. The number of ether oxygens (including phenoxy) is 4. The van der Waals surface area contributed by atoms with Crippen molar-refractivity contribution >= 4 is 59.9 Å². The van der Waals surface area contributed by atoms with Crippen molar-refractivity contribution < 1.29 is 18.9 Å². The summed E-state index contributed by atoms with van der Waals surface area (Å²) < 4.78 is 24.9. The first kappa shape index (κ1) is 36.7. The van der Waals surface area contributed by atoms with E-state index in [0.29, 0.717) is 39.6 Å². The minimum absolute atomic E-state index is 0.596. The Morgan fingerprint density at radius 3 is 1.77 bits per heavy atom. The normalized spacial score (nSPS) is 12.1. The van der Waals surface area contributed by atoms with Gasteiger partial charge in [-0.2, -0.15) is 0 Å². The Hall–Kier alpha value is 0.519. The number of thiophene rings is 2. The van der Waals surface area contributed by atoms with Gasteiger partial charge in [0.2, 0.25) is 0 Å². The molecule has 0 unspecified atom stereocenters. The predicted octanol–water partition coefficient (Wildman–Crippen LogP) is 9.49. The summed E-state index contributed by atoms with van der Waals surface area (Å²) >= 11 is 5.71. The van der Waals surface area contributed by atoms with Crippen LogP contribution in [0.25, 0.3) is 9.75 Å². The second-order valence-corrected chi connectivity index (χ2v) is 30.5. The molecule has 0 aromatic carbocycles. The van der Waals surface area contributed by atoms with E-state index in [-0.39, 0.29) is 0 Å². The standard InChI is InChI=1S/C29H46BrO4S2.3CH3.Sn/c1-3-4-5-6-7-8-9-10-11-12-13-26-24-27(36-29(26)30)28-25(15-23-35-28)14-16-32-19-20-34-22-21-33-18-17-31-2;;;;/h15,24H,3-14,16-22H2,1-2H3;3*1H3;. The number of hydrogen-bond donors (Lipinski definition) is 0. The second-order valence-electron chi connectivity index (χ2n) is 11.6. The molecule has 8 heteroatoms. The van der Waals surface area contributed by atoms with Crippen LogP contribution in [-0.2, 0) is 31.8 Å². The van der Waals surface area contributed by atoms with Gasteiger partial charge in [0.15, 0.2) is 0 Å². The summed E-state index contributed by atoms with van der Waals surface area (Å²) in [5.41, 5.74) is 2.94. The van der Waals surface area contributed by atoms with E-state index in [0.717, 1.165) is 13.0 Å². The molecule has 0 N–H and O–H groups in total. The summed E-state index contributed by atoms with van der Waals surface area (Å²) in [7, 11) is 1.68. The van der Waals surface area contributed by atoms with Gasteiger partial charge in [-0.05, 0) is 0 Å². The molecule has 0 bridgehead atoms. The van der Waals surface area contributed by atoms with E-state index in [1.807, 2.05) is 22.7 Å². The average molecular weight is 767 g/mol. The van der Waals surface area contributed by atoms with Crippen LogP contribution >= 0.6 is 38.6 Å². The zero-order chi connectivity index (χ0) is 29.1. The van der Waals surface area contributed by atoms with Crippen molar-refractivity contribution in [2.24, 2.45) is 0 Å². The van der Waals surface area contributed by atoms with Crippen molar-refractivity contribution in [3.63, 3.8) is 0 Å². The molecule has 0 aliphatic carbocycles. The van der Waals surface area contributed by atoms with Crippen LogP contribution in [0.3, 0.4) is 0 Å². The molecule has 0 radical (unpaired) electrons. The van der Waals surface area contributed by atoms with Gasteiger partial charge in [0, 0.05) is 7.11 Å². The van der Waals surface area contributed by atoms with Gasteiger partial charge < -0.3 is 4.74 Å². The molecule has 0 saturated carbocycles. The van der Waals surface area contributed by atoms with Crippen molar-refractivity contribution in [3.05, 3.63) is 27.0 Å². The Morgan fingerprint density at radius 1 is 0.650 bits per heavy atom. The van der Waals surface area contributed by atoms with E-state index in [1.165, 1.54) is 95.3 Å². The Balaban J connectivity index is 1.79. The number of halogens is 1. The van der Waals surface area contributed by atoms with E-state index in [2.05, 4.69) is 49.8 Å². The molecule has 0 aliphatic heterocycles. The van der Waals surface area contributed by atoms with Crippen molar-refractivity contribution in [1.82, 2.24) is 0 Å². The first-order chi connectivity index (χ1) is 19.4. The topological polar surface area (TPSA) is 36.9 Å². The molecule has 40 heavy (non-hydrogen) atoms. The van der Waals surface area contributed by atoms with Gasteiger partial charge in [-0.15, -0.1) is 0 Å². The first-order valence-corrected chi connectivity index (χ1v) is 27.9. The fourth-order valence-corrected chi connectivity index (χ4v) is 13.0. The first-order valence-electron chi connectivity index (χ1n) is 15.5. The molecule has 0 spiro atoms. The van der Waals surface area contributed by atoms with Crippen LogP contribution < -0.4 is 2.89 Å².